The Morgan fingerprint density at radius 2 is 2.07 bits per heavy atom. The van der Waals surface area contributed by atoms with E-state index in [1.165, 1.54) is 10.6 Å². The van der Waals surface area contributed by atoms with Crippen LogP contribution in [0.15, 0.2) is 0 Å². The van der Waals surface area contributed by atoms with Gasteiger partial charge in [0.25, 0.3) is 0 Å². The van der Waals surface area contributed by atoms with E-state index in [-0.39, 0.29) is 6.10 Å². The van der Waals surface area contributed by atoms with E-state index in [0.717, 1.165) is 13.0 Å². The molecule has 0 aromatic carbocycles. The summed E-state index contributed by atoms with van der Waals surface area (Å²) in [4.78, 5) is 0. The Hall–Kier alpha value is -0.170. The van der Waals surface area contributed by atoms with Gasteiger partial charge >= 0.3 is 0 Å². The Kier molecular flexibility index (Phi) is 7.08. The molecular weight excluding hydrogens is 216 g/mol. The molecule has 0 saturated carbocycles. The summed E-state index contributed by atoms with van der Waals surface area (Å²) in [7, 11) is -3.06. The molecule has 6 heteroatoms. The van der Waals surface area contributed by atoms with E-state index in [4.69, 9.17) is 5.11 Å². The number of nitrogens with one attached hydrogen (secondary N) is 1. The monoisotopic (exact) mass is 238 g/mol. The fourth-order valence-corrected chi connectivity index (χ4v) is 2.18. The zero-order valence-electron chi connectivity index (χ0n) is 9.73. The lowest BCUT2D eigenvalue weighted by Gasteiger charge is -2.17. The van der Waals surface area contributed by atoms with Gasteiger partial charge in [-0.2, -0.15) is 0 Å². The maximum Gasteiger partial charge on any atom is 0.211 e. The number of aliphatic hydroxyl groups is 1. The second-order valence-electron chi connectivity index (χ2n) is 3.66. The molecule has 15 heavy (non-hydrogen) atoms. The molecular formula is C9H22N2O3S. The minimum absolute atomic E-state index is 0.359. The van der Waals surface area contributed by atoms with Crippen molar-refractivity contribution in [1.82, 2.24) is 9.62 Å². The van der Waals surface area contributed by atoms with Crippen LogP contribution in [0.3, 0.4) is 0 Å². The van der Waals surface area contributed by atoms with Crippen molar-refractivity contribution in [2.45, 2.75) is 26.4 Å². The highest BCUT2D eigenvalue weighted by molar-refractivity contribution is 7.88. The summed E-state index contributed by atoms with van der Waals surface area (Å²) in [6, 6.07) is 0. The summed E-state index contributed by atoms with van der Waals surface area (Å²) in [5.41, 5.74) is 0. The maximum atomic E-state index is 11.2. The number of rotatable bonds is 8. The van der Waals surface area contributed by atoms with Crippen molar-refractivity contribution in [3.63, 3.8) is 0 Å². The molecule has 0 aliphatic carbocycles. The number of hydrogen-bond donors (Lipinski definition) is 2. The van der Waals surface area contributed by atoms with Crippen LogP contribution >= 0.6 is 0 Å². The van der Waals surface area contributed by atoms with E-state index in [1.807, 2.05) is 6.92 Å². The van der Waals surface area contributed by atoms with Crippen LogP contribution in [0.5, 0.6) is 0 Å². The minimum Gasteiger partial charge on any atom is -0.392 e. The van der Waals surface area contributed by atoms with Gasteiger partial charge in [-0.1, -0.05) is 6.92 Å². The zero-order chi connectivity index (χ0) is 11.9. The molecule has 5 nitrogen and oxygen atoms in total. The summed E-state index contributed by atoms with van der Waals surface area (Å²) >= 11 is 0. The Morgan fingerprint density at radius 1 is 1.47 bits per heavy atom. The minimum atomic E-state index is -3.06. The largest absolute Gasteiger partial charge is 0.392 e. The zero-order valence-corrected chi connectivity index (χ0v) is 10.5. The summed E-state index contributed by atoms with van der Waals surface area (Å²) in [6.45, 7) is 5.84. The van der Waals surface area contributed by atoms with Crippen LogP contribution in [0, 0.1) is 0 Å². The van der Waals surface area contributed by atoms with Gasteiger partial charge in [0.15, 0.2) is 0 Å². The Morgan fingerprint density at radius 3 is 2.47 bits per heavy atom. The molecule has 0 aromatic rings. The number of nitrogens with zero attached hydrogens (tertiary/aromatic N) is 1. The molecule has 0 fully saturated rings. The number of hydrogen-bond acceptors (Lipinski definition) is 4. The van der Waals surface area contributed by atoms with E-state index < -0.39 is 10.0 Å². The molecule has 0 unspecified atom stereocenters. The van der Waals surface area contributed by atoms with Gasteiger partial charge in [-0.3, -0.25) is 0 Å². The highest BCUT2D eigenvalue weighted by Crippen LogP contribution is 1.97. The lowest BCUT2D eigenvalue weighted by Crippen LogP contribution is -2.33. The molecule has 0 aromatic heterocycles. The van der Waals surface area contributed by atoms with Crippen LogP contribution in [0.25, 0.3) is 0 Å². The first-order valence-corrected chi connectivity index (χ1v) is 7.06. The second kappa shape index (κ2) is 7.16. The van der Waals surface area contributed by atoms with Crippen molar-refractivity contribution in [2.24, 2.45) is 0 Å². The van der Waals surface area contributed by atoms with E-state index in [9.17, 15) is 8.42 Å². The van der Waals surface area contributed by atoms with Gasteiger partial charge in [-0.25, -0.2) is 12.7 Å². The van der Waals surface area contributed by atoms with Gasteiger partial charge in [-0.15, -0.1) is 0 Å². The van der Waals surface area contributed by atoms with Gasteiger partial charge < -0.3 is 10.4 Å². The maximum absolute atomic E-state index is 11.2. The number of aliphatic hydroxyl groups excluding tert-OH is 1. The lowest BCUT2D eigenvalue weighted by molar-refractivity contribution is 0.191. The molecule has 0 saturated heterocycles. The van der Waals surface area contributed by atoms with Crippen LogP contribution in [0.4, 0.5) is 0 Å². The highest BCUT2D eigenvalue weighted by Gasteiger charge is 2.12. The van der Waals surface area contributed by atoms with Crippen molar-refractivity contribution >= 4 is 10.0 Å². The summed E-state index contributed by atoms with van der Waals surface area (Å²) in [5.74, 6) is 0. The molecule has 0 aliphatic heterocycles. The fraction of sp³-hybridized carbons (Fsp3) is 1.00. The molecule has 1 atom stereocenters. The third-order valence-corrected chi connectivity index (χ3v) is 3.40. The van der Waals surface area contributed by atoms with Gasteiger partial charge in [0, 0.05) is 19.6 Å². The quantitative estimate of drug-likeness (QED) is 0.566. The first-order chi connectivity index (χ1) is 6.88. The van der Waals surface area contributed by atoms with Gasteiger partial charge in [-0.05, 0) is 19.9 Å². The first kappa shape index (κ1) is 14.8. The standard InChI is InChI=1S/C9H22N2O3S/c1-4-11(15(3,13)14)7-5-6-10-8-9(2)12/h9-10,12H,4-8H2,1-3H3/t9-/m1/s1. The van der Waals surface area contributed by atoms with Crippen molar-refractivity contribution in [2.75, 3.05) is 32.4 Å². The van der Waals surface area contributed by atoms with Gasteiger partial charge in [0.05, 0.1) is 12.4 Å². The van der Waals surface area contributed by atoms with Gasteiger partial charge in [0.1, 0.15) is 0 Å². The fourth-order valence-electron chi connectivity index (χ4n) is 1.25. The molecule has 0 radical (unpaired) electrons. The molecule has 2 N–H and O–H groups in total. The van der Waals surface area contributed by atoms with E-state index in [2.05, 4.69) is 5.32 Å². The van der Waals surface area contributed by atoms with E-state index >= 15 is 0 Å². The molecule has 0 spiro atoms. The van der Waals surface area contributed by atoms with Crippen LogP contribution in [-0.4, -0.2) is 56.4 Å². The SMILES string of the molecule is CCN(CCCNC[C@@H](C)O)S(C)(=O)=O. The second-order valence-corrected chi connectivity index (χ2v) is 5.64. The highest BCUT2D eigenvalue weighted by atomic mass is 32.2. The predicted molar refractivity (Wildman–Crippen MR) is 61.3 cm³/mol. The molecule has 0 heterocycles. The number of sulfonamides is 1. The molecule has 0 bridgehead atoms. The van der Waals surface area contributed by atoms with Crippen molar-refractivity contribution in [1.29, 1.82) is 0 Å². The Labute approximate surface area is 92.5 Å². The Bertz CT molecular complexity index is 252. The molecule has 0 rings (SSSR count). The summed E-state index contributed by atoms with van der Waals surface area (Å²) in [5, 5.41) is 12.0. The average molecular weight is 238 g/mol. The predicted octanol–water partition coefficient (Wildman–Crippen LogP) is -0.372. The first-order valence-electron chi connectivity index (χ1n) is 5.21. The van der Waals surface area contributed by atoms with Crippen LogP contribution in [0.2, 0.25) is 0 Å². The average Bonchev–Trinajstić information content (AvgIpc) is 2.08. The van der Waals surface area contributed by atoms with Crippen molar-refractivity contribution in [3.05, 3.63) is 0 Å². The molecule has 92 valence electrons. The Balaban J connectivity index is 3.66. The lowest BCUT2D eigenvalue weighted by atomic mass is 10.3. The van der Waals surface area contributed by atoms with Crippen LogP contribution in [0.1, 0.15) is 20.3 Å². The molecule has 0 amide bonds. The van der Waals surface area contributed by atoms with Gasteiger partial charge in [0.2, 0.25) is 10.0 Å². The van der Waals surface area contributed by atoms with Crippen molar-refractivity contribution in [3.8, 4) is 0 Å². The molecule has 0 aliphatic rings. The third kappa shape index (κ3) is 7.72. The smallest absolute Gasteiger partial charge is 0.211 e. The topological polar surface area (TPSA) is 69.6 Å². The third-order valence-electron chi connectivity index (χ3n) is 2.02. The van der Waals surface area contributed by atoms with Crippen molar-refractivity contribution < 1.29 is 13.5 Å². The summed E-state index contributed by atoms with van der Waals surface area (Å²) < 4.78 is 23.8. The van der Waals surface area contributed by atoms with E-state index in [0.29, 0.717) is 19.6 Å². The van der Waals surface area contributed by atoms with Crippen LogP contribution < -0.4 is 5.32 Å². The van der Waals surface area contributed by atoms with E-state index in [1.54, 1.807) is 6.92 Å². The van der Waals surface area contributed by atoms with Crippen LogP contribution in [-0.2, 0) is 10.0 Å². The normalized spacial score (nSPS) is 14.5. The summed E-state index contributed by atoms with van der Waals surface area (Å²) in [6.07, 6.45) is 1.62.